The van der Waals surface area contributed by atoms with Crippen molar-refractivity contribution in [2.24, 2.45) is 5.92 Å². The predicted molar refractivity (Wildman–Crippen MR) is 81.8 cm³/mol. The number of ether oxygens (including phenoxy) is 1. The van der Waals surface area contributed by atoms with Crippen LogP contribution in [-0.4, -0.2) is 27.2 Å². The third-order valence-electron chi connectivity index (χ3n) is 3.45. The maximum atomic E-state index is 11.9. The van der Waals surface area contributed by atoms with Crippen molar-refractivity contribution in [2.75, 3.05) is 12.9 Å². The maximum absolute atomic E-state index is 11.9. The number of carbonyl (C=O) groups is 1. The summed E-state index contributed by atoms with van der Waals surface area (Å²) >= 11 is 0. The molecule has 0 saturated heterocycles. The van der Waals surface area contributed by atoms with Crippen molar-refractivity contribution in [2.45, 2.75) is 25.0 Å². The highest BCUT2D eigenvalue weighted by molar-refractivity contribution is 7.89. The molecule has 1 aliphatic carbocycles. The topological polar surface area (TPSA) is 60.4 Å². The van der Waals surface area contributed by atoms with Crippen molar-refractivity contribution in [3.63, 3.8) is 0 Å². The van der Waals surface area contributed by atoms with Crippen LogP contribution in [-0.2, 0) is 20.3 Å². The van der Waals surface area contributed by atoms with Gasteiger partial charge in [-0.15, -0.1) is 0 Å². The van der Waals surface area contributed by atoms with E-state index in [0.717, 1.165) is 19.3 Å². The Morgan fingerprint density at radius 3 is 2.52 bits per heavy atom. The lowest BCUT2D eigenvalue weighted by atomic mass is 9.95. The molecule has 114 valence electrons. The molecule has 4 nitrogen and oxygen atoms in total. The van der Waals surface area contributed by atoms with Gasteiger partial charge in [-0.05, 0) is 42.9 Å². The lowest BCUT2D eigenvalue weighted by Crippen LogP contribution is -2.15. The molecule has 1 atom stereocenters. The SMILES string of the molecule is CS(=O)(=O)Cc1ccc(C(=O)OCC2CC=CCC2)cc1. The molecule has 0 aromatic heterocycles. The fourth-order valence-corrected chi connectivity index (χ4v) is 3.12. The van der Waals surface area contributed by atoms with Crippen LogP contribution >= 0.6 is 0 Å². The van der Waals surface area contributed by atoms with Gasteiger partial charge in [0.25, 0.3) is 0 Å². The Bertz CT molecular complexity index is 614. The molecular weight excluding hydrogens is 288 g/mol. The summed E-state index contributed by atoms with van der Waals surface area (Å²) in [6, 6.07) is 6.54. The van der Waals surface area contributed by atoms with Gasteiger partial charge in [0.05, 0.1) is 17.9 Å². The molecule has 2 rings (SSSR count). The van der Waals surface area contributed by atoms with E-state index in [1.54, 1.807) is 24.3 Å². The van der Waals surface area contributed by atoms with E-state index < -0.39 is 9.84 Å². The van der Waals surface area contributed by atoms with Crippen LogP contribution in [0, 0.1) is 5.92 Å². The molecule has 1 aromatic rings. The molecule has 0 aliphatic heterocycles. The zero-order valence-corrected chi connectivity index (χ0v) is 12.9. The maximum Gasteiger partial charge on any atom is 0.338 e. The summed E-state index contributed by atoms with van der Waals surface area (Å²) in [5.74, 6) is 0.0374. The Balaban J connectivity index is 1.89. The van der Waals surface area contributed by atoms with Crippen LogP contribution in [0.4, 0.5) is 0 Å². The highest BCUT2D eigenvalue weighted by atomic mass is 32.2. The number of esters is 1. The summed E-state index contributed by atoms with van der Waals surface area (Å²) in [4.78, 5) is 11.9. The van der Waals surface area contributed by atoms with Crippen molar-refractivity contribution in [1.82, 2.24) is 0 Å². The Labute approximate surface area is 125 Å². The first-order valence-electron chi connectivity index (χ1n) is 7.03. The molecule has 1 aliphatic rings. The third kappa shape index (κ3) is 5.34. The first kappa shape index (κ1) is 15.8. The monoisotopic (exact) mass is 308 g/mol. The van der Waals surface area contributed by atoms with Crippen LogP contribution in [0.3, 0.4) is 0 Å². The molecule has 0 N–H and O–H groups in total. The van der Waals surface area contributed by atoms with Gasteiger partial charge in [0.15, 0.2) is 9.84 Å². The van der Waals surface area contributed by atoms with Gasteiger partial charge < -0.3 is 4.74 Å². The summed E-state index contributed by atoms with van der Waals surface area (Å²) in [6.07, 6.45) is 8.52. The fourth-order valence-electron chi connectivity index (χ4n) is 2.32. The molecule has 0 spiro atoms. The molecule has 0 radical (unpaired) electrons. The van der Waals surface area contributed by atoms with Crippen LogP contribution in [0.25, 0.3) is 0 Å². The molecule has 21 heavy (non-hydrogen) atoms. The summed E-state index contributed by atoms with van der Waals surface area (Å²) in [5, 5.41) is 0. The number of sulfone groups is 1. The number of hydrogen-bond acceptors (Lipinski definition) is 4. The zero-order chi connectivity index (χ0) is 15.3. The molecule has 0 amide bonds. The molecule has 0 bridgehead atoms. The van der Waals surface area contributed by atoms with E-state index in [1.165, 1.54) is 6.26 Å². The van der Waals surface area contributed by atoms with Gasteiger partial charge >= 0.3 is 5.97 Å². The average Bonchev–Trinajstić information content (AvgIpc) is 2.45. The van der Waals surface area contributed by atoms with Crippen LogP contribution in [0.15, 0.2) is 36.4 Å². The van der Waals surface area contributed by atoms with E-state index in [4.69, 9.17) is 4.74 Å². The molecule has 5 heteroatoms. The number of carbonyl (C=O) groups excluding carboxylic acids is 1. The highest BCUT2D eigenvalue weighted by Gasteiger charge is 2.14. The van der Waals surface area contributed by atoms with Gasteiger partial charge in [-0.2, -0.15) is 0 Å². The number of allylic oxidation sites excluding steroid dienone is 2. The van der Waals surface area contributed by atoms with Crippen molar-refractivity contribution in [1.29, 1.82) is 0 Å². The van der Waals surface area contributed by atoms with Crippen LogP contribution < -0.4 is 0 Å². The third-order valence-corrected chi connectivity index (χ3v) is 4.30. The normalized spacial score (nSPS) is 18.4. The number of hydrogen-bond donors (Lipinski definition) is 0. The second kappa shape index (κ2) is 6.89. The summed E-state index contributed by atoms with van der Waals surface area (Å²) in [5.41, 5.74) is 1.13. The summed E-state index contributed by atoms with van der Waals surface area (Å²) in [6.45, 7) is 0.439. The van der Waals surface area contributed by atoms with E-state index in [9.17, 15) is 13.2 Å². The number of rotatable bonds is 5. The Hall–Kier alpha value is -1.62. The standard InChI is InChI=1S/C16H20O4S/c1-21(18,19)12-14-7-9-15(10-8-14)16(17)20-11-13-5-3-2-4-6-13/h2-3,7-10,13H,4-6,11-12H2,1H3. The predicted octanol–water partition coefficient (Wildman–Crippen LogP) is 2.74. The first-order valence-corrected chi connectivity index (χ1v) is 9.09. The average molecular weight is 308 g/mol. The van der Waals surface area contributed by atoms with Crippen molar-refractivity contribution in [3.05, 3.63) is 47.5 Å². The summed E-state index contributed by atoms with van der Waals surface area (Å²) in [7, 11) is -3.06. The van der Waals surface area contributed by atoms with Crippen LogP contribution in [0.2, 0.25) is 0 Å². The molecule has 1 aromatic carbocycles. The van der Waals surface area contributed by atoms with Crippen molar-refractivity contribution < 1.29 is 17.9 Å². The van der Waals surface area contributed by atoms with E-state index in [-0.39, 0.29) is 11.7 Å². The Morgan fingerprint density at radius 2 is 1.95 bits per heavy atom. The lowest BCUT2D eigenvalue weighted by molar-refractivity contribution is 0.0432. The second-order valence-corrected chi connectivity index (χ2v) is 7.66. The molecular formula is C16H20O4S. The van der Waals surface area contributed by atoms with E-state index in [1.807, 2.05) is 0 Å². The van der Waals surface area contributed by atoms with E-state index in [0.29, 0.717) is 23.7 Å². The van der Waals surface area contributed by atoms with Gasteiger partial charge in [-0.25, -0.2) is 13.2 Å². The van der Waals surface area contributed by atoms with Crippen molar-refractivity contribution in [3.8, 4) is 0 Å². The Morgan fingerprint density at radius 1 is 1.24 bits per heavy atom. The van der Waals surface area contributed by atoms with Gasteiger partial charge in [-0.1, -0.05) is 24.3 Å². The van der Waals surface area contributed by atoms with Crippen LogP contribution in [0.1, 0.15) is 35.2 Å². The van der Waals surface area contributed by atoms with Gasteiger partial charge in [0.2, 0.25) is 0 Å². The summed E-state index contributed by atoms with van der Waals surface area (Å²) < 4.78 is 27.7. The van der Waals surface area contributed by atoms with Gasteiger partial charge in [-0.3, -0.25) is 0 Å². The quantitative estimate of drug-likeness (QED) is 0.620. The number of benzene rings is 1. The first-order chi connectivity index (χ1) is 9.94. The Kier molecular flexibility index (Phi) is 5.17. The zero-order valence-electron chi connectivity index (χ0n) is 12.1. The van der Waals surface area contributed by atoms with Crippen molar-refractivity contribution >= 4 is 15.8 Å². The van der Waals surface area contributed by atoms with E-state index >= 15 is 0 Å². The van der Waals surface area contributed by atoms with Crippen LogP contribution in [0.5, 0.6) is 0 Å². The van der Waals surface area contributed by atoms with Gasteiger partial charge in [0.1, 0.15) is 0 Å². The van der Waals surface area contributed by atoms with Gasteiger partial charge in [0, 0.05) is 6.26 Å². The fraction of sp³-hybridized carbons (Fsp3) is 0.438. The highest BCUT2D eigenvalue weighted by Crippen LogP contribution is 2.19. The smallest absolute Gasteiger partial charge is 0.338 e. The second-order valence-electron chi connectivity index (χ2n) is 5.52. The lowest BCUT2D eigenvalue weighted by Gasteiger charge is -2.17. The molecule has 0 fully saturated rings. The minimum atomic E-state index is -3.06. The minimum absolute atomic E-state index is 0.0171. The molecule has 0 saturated carbocycles. The molecule has 1 unspecified atom stereocenters. The molecule has 0 heterocycles. The minimum Gasteiger partial charge on any atom is -0.462 e. The largest absolute Gasteiger partial charge is 0.462 e. The van der Waals surface area contributed by atoms with E-state index in [2.05, 4.69) is 12.2 Å².